The summed E-state index contributed by atoms with van der Waals surface area (Å²) in [4.78, 5) is 0. The molecule has 0 spiro atoms. The molecule has 92 valence electrons. The second-order valence-electron chi connectivity index (χ2n) is 5.00. The second-order valence-corrected chi connectivity index (χ2v) is 5.00. The highest BCUT2D eigenvalue weighted by molar-refractivity contribution is 4.79. The monoisotopic (exact) mass is 213 g/mol. The molecule has 0 fully saturated rings. The van der Waals surface area contributed by atoms with Crippen LogP contribution >= 0.6 is 0 Å². The molecular formula is C14H31N. The van der Waals surface area contributed by atoms with Gasteiger partial charge in [-0.1, -0.05) is 52.9 Å². The third kappa shape index (κ3) is 6.19. The molecule has 0 aromatic heterocycles. The molecule has 0 atom stereocenters. The summed E-state index contributed by atoms with van der Waals surface area (Å²) in [6.07, 6.45) is 12.1. The predicted molar refractivity (Wildman–Crippen MR) is 70.1 cm³/mol. The summed E-state index contributed by atoms with van der Waals surface area (Å²) in [6.45, 7) is 7.76. The fourth-order valence-corrected chi connectivity index (χ4v) is 2.69. The topological polar surface area (TPSA) is 26.0 Å². The van der Waals surface area contributed by atoms with E-state index in [1.165, 1.54) is 57.8 Å². The van der Waals surface area contributed by atoms with Crippen LogP contribution in [0.25, 0.3) is 0 Å². The first-order chi connectivity index (χ1) is 7.24. The molecule has 0 amide bonds. The molecule has 0 saturated carbocycles. The van der Waals surface area contributed by atoms with Crippen molar-refractivity contribution in [3.05, 3.63) is 0 Å². The van der Waals surface area contributed by atoms with Gasteiger partial charge in [-0.2, -0.15) is 0 Å². The van der Waals surface area contributed by atoms with Crippen molar-refractivity contribution in [3.8, 4) is 0 Å². The standard InChI is InChI=1S/C14H31N/c1-4-7-10-14(9-6-3,12-13-15)11-8-5-2/h4-13,15H2,1-3H3. The minimum atomic E-state index is 0.579. The molecule has 0 bridgehead atoms. The van der Waals surface area contributed by atoms with E-state index in [9.17, 15) is 0 Å². The third-order valence-electron chi connectivity index (χ3n) is 3.58. The van der Waals surface area contributed by atoms with Crippen LogP contribution in [-0.4, -0.2) is 6.54 Å². The first kappa shape index (κ1) is 15.0. The van der Waals surface area contributed by atoms with Crippen LogP contribution in [0.15, 0.2) is 0 Å². The van der Waals surface area contributed by atoms with Gasteiger partial charge in [0.2, 0.25) is 0 Å². The molecule has 1 heteroatoms. The quantitative estimate of drug-likeness (QED) is 0.568. The molecule has 0 unspecified atom stereocenters. The molecule has 0 radical (unpaired) electrons. The molecule has 0 heterocycles. The van der Waals surface area contributed by atoms with Crippen molar-refractivity contribution in [1.29, 1.82) is 0 Å². The van der Waals surface area contributed by atoms with Gasteiger partial charge in [-0.15, -0.1) is 0 Å². The Balaban J connectivity index is 4.26. The summed E-state index contributed by atoms with van der Waals surface area (Å²) in [7, 11) is 0. The maximum Gasteiger partial charge on any atom is -0.00720 e. The normalized spacial score (nSPS) is 12.0. The Morgan fingerprint density at radius 3 is 1.60 bits per heavy atom. The Bertz CT molecular complexity index is 115. The van der Waals surface area contributed by atoms with Crippen molar-refractivity contribution in [3.63, 3.8) is 0 Å². The largest absolute Gasteiger partial charge is 0.330 e. The summed E-state index contributed by atoms with van der Waals surface area (Å²) in [5.74, 6) is 0. The molecular weight excluding hydrogens is 182 g/mol. The Labute approximate surface area is 96.8 Å². The third-order valence-corrected chi connectivity index (χ3v) is 3.58. The number of unbranched alkanes of at least 4 members (excludes halogenated alkanes) is 2. The van der Waals surface area contributed by atoms with Crippen molar-refractivity contribution in [2.75, 3.05) is 6.54 Å². The van der Waals surface area contributed by atoms with Gasteiger partial charge in [0, 0.05) is 0 Å². The molecule has 1 nitrogen and oxygen atoms in total. The van der Waals surface area contributed by atoms with Gasteiger partial charge in [0.1, 0.15) is 0 Å². The maximum atomic E-state index is 5.79. The number of hydrogen-bond acceptors (Lipinski definition) is 1. The van der Waals surface area contributed by atoms with Gasteiger partial charge >= 0.3 is 0 Å². The number of nitrogens with two attached hydrogens (primary N) is 1. The zero-order valence-corrected chi connectivity index (χ0v) is 11.1. The van der Waals surface area contributed by atoms with Crippen molar-refractivity contribution in [2.24, 2.45) is 11.1 Å². The molecule has 0 rings (SSSR count). The van der Waals surface area contributed by atoms with Crippen molar-refractivity contribution in [2.45, 2.75) is 78.6 Å². The highest BCUT2D eigenvalue weighted by Crippen LogP contribution is 2.38. The van der Waals surface area contributed by atoms with Crippen LogP contribution in [0.4, 0.5) is 0 Å². The summed E-state index contributed by atoms with van der Waals surface area (Å²) in [6, 6.07) is 0. The fourth-order valence-electron chi connectivity index (χ4n) is 2.69. The number of rotatable bonds is 10. The van der Waals surface area contributed by atoms with E-state index in [-0.39, 0.29) is 0 Å². The van der Waals surface area contributed by atoms with E-state index in [0.29, 0.717) is 5.41 Å². The smallest absolute Gasteiger partial charge is 0.00720 e. The Hall–Kier alpha value is -0.0400. The van der Waals surface area contributed by atoms with Crippen LogP contribution < -0.4 is 5.73 Å². The second kappa shape index (κ2) is 9.21. The van der Waals surface area contributed by atoms with Gasteiger partial charge in [0.15, 0.2) is 0 Å². The molecule has 0 aliphatic heterocycles. The van der Waals surface area contributed by atoms with Gasteiger partial charge < -0.3 is 5.73 Å². The van der Waals surface area contributed by atoms with Crippen LogP contribution in [0.1, 0.15) is 78.6 Å². The molecule has 0 saturated heterocycles. The summed E-state index contributed by atoms with van der Waals surface area (Å²) in [5.41, 5.74) is 6.37. The zero-order valence-electron chi connectivity index (χ0n) is 11.1. The van der Waals surface area contributed by atoms with Gasteiger partial charge in [-0.25, -0.2) is 0 Å². The average molecular weight is 213 g/mol. The Kier molecular flexibility index (Phi) is 9.18. The molecule has 2 N–H and O–H groups in total. The SMILES string of the molecule is CCCCC(CCC)(CCN)CCCC. The van der Waals surface area contributed by atoms with Crippen molar-refractivity contribution < 1.29 is 0 Å². The van der Waals surface area contributed by atoms with E-state index in [2.05, 4.69) is 20.8 Å². The van der Waals surface area contributed by atoms with E-state index in [4.69, 9.17) is 5.73 Å². The molecule has 0 aliphatic carbocycles. The van der Waals surface area contributed by atoms with Gasteiger partial charge in [0.05, 0.1) is 0 Å². The maximum absolute atomic E-state index is 5.79. The summed E-state index contributed by atoms with van der Waals surface area (Å²) < 4.78 is 0. The Morgan fingerprint density at radius 2 is 1.27 bits per heavy atom. The first-order valence-corrected chi connectivity index (χ1v) is 6.94. The molecule has 15 heavy (non-hydrogen) atoms. The lowest BCUT2D eigenvalue weighted by Crippen LogP contribution is -2.24. The van der Waals surface area contributed by atoms with Crippen LogP contribution in [0.3, 0.4) is 0 Å². The van der Waals surface area contributed by atoms with Crippen LogP contribution in [0, 0.1) is 5.41 Å². The van der Waals surface area contributed by atoms with E-state index in [1.807, 2.05) is 0 Å². The average Bonchev–Trinajstić information content (AvgIpc) is 2.24. The summed E-state index contributed by atoms with van der Waals surface area (Å²) in [5, 5.41) is 0. The molecule has 0 aromatic carbocycles. The van der Waals surface area contributed by atoms with Gasteiger partial charge in [-0.05, 0) is 37.6 Å². The summed E-state index contributed by atoms with van der Waals surface area (Å²) >= 11 is 0. The van der Waals surface area contributed by atoms with Crippen molar-refractivity contribution in [1.82, 2.24) is 0 Å². The van der Waals surface area contributed by atoms with E-state index >= 15 is 0 Å². The van der Waals surface area contributed by atoms with E-state index < -0.39 is 0 Å². The van der Waals surface area contributed by atoms with Gasteiger partial charge in [-0.3, -0.25) is 0 Å². The minimum absolute atomic E-state index is 0.579. The lowest BCUT2D eigenvalue weighted by Gasteiger charge is -2.34. The predicted octanol–water partition coefficient (Wildman–Crippen LogP) is 4.50. The molecule has 0 aliphatic rings. The highest BCUT2D eigenvalue weighted by Gasteiger charge is 2.26. The first-order valence-electron chi connectivity index (χ1n) is 6.94. The fraction of sp³-hybridized carbons (Fsp3) is 1.00. The zero-order chi connectivity index (χ0) is 11.6. The Morgan fingerprint density at radius 1 is 0.733 bits per heavy atom. The van der Waals surface area contributed by atoms with E-state index in [0.717, 1.165) is 6.54 Å². The lowest BCUT2D eigenvalue weighted by atomic mass is 9.72. The van der Waals surface area contributed by atoms with Crippen LogP contribution in [-0.2, 0) is 0 Å². The molecule has 0 aromatic rings. The van der Waals surface area contributed by atoms with Crippen molar-refractivity contribution >= 4 is 0 Å². The highest BCUT2D eigenvalue weighted by atomic mass is 14.5. The van der Waals surface area contributed by atoms with E-state index in [1.54, 1.807) is 0 Å². The van der Waals surface area contributed by atoms with Crippen LogP contribution in [0.2, 0.25) is 0 Å². The lowest BCUT2D eigenvalue weighted by molar-refractivity contribution is 0.189. The number of hydrogen-bond donors (Lipinski definition) is 1. The van der Waals surface area contributed by atoms with Crippen LogP contribution in [0.5, 0.6) is 0 Å². The van der Waals surface area contributed by atoms with Gasteiger partial charge in [0.25, 0.3) is 0 Å². The minimum Gasteiger partial charge on any atom is -0.330 e.